The Hall–Kier alpha value is -1.46. The molecular weight excluding hydrogens is 274 g/mol. The Morgan fingerprint density at radius 3 is 2.95 bits per heavy atom. The lowest BCUT2D eigenvalue weighted by Gasteiger charge is -2.16. The Morgan fingerprint density at radius 1 is 1.35 bits per heavy atom. The largest absolute Gasteiger partial charge is 0.317 e. The van der Waals surface area contributed by atoms with Crippen molar-refractivity contribution in [2.75, 3.05) is 13.1 Å². The lowest BCUT2D eigenvalue weighted by Crippen LogP contribution is -2.23. The van der Waals surface area contributed by atoms with Gasteiger partial charge in [0, 0.05) is 5.02 Å². The van der Waals surface area contributed by atoms with Crippen molar-refractivity contribution in [2.45, 2.75) is 32.2 Å². The Morgan fingerprint density at radius 2 is 2.25 bits per heavy atom. The standard InChI is InChI=1S/C14H20ClN5/c1-2-3-8-16-9-7-14(20-18-11-17-19-20)12-5-4-6-13(15)10-12/h4-6,10-11,14,16H,2-3,7-9H2,1H3. The summed E-state index contributed by atoms with van der Waals surface area (Å²) in [7, 11) is 0. The van der Waals surface area contributed by atoms with E-state index in [1.807, 2.05) is 24.3 Å². The molecule has 1 heterocycles. The zero-order valence-electron chi connectivity index (χ0n) is 11.7. The second-order valence-corrected chi connectivity index (χ2v) is 5.16. The van der Waals surface area contributed by atoms with Crippen molar-refractivity contribution < 1.29 is 0 Å². The van der Waals surface area contributed by atoms with Gasteiger partial charge in [0.2, 0.25) is 0 Å². The topological polar surface area (TPSA) is 55.6 Å². The SMILES string of the molecule is CCCCNCCC(c1cccc(Cl)c1)n1ncnn1. The number of aromatic nitrogens is 4. The molecule has 0 amide bonds. The molecule has 2 rings (SSSR count). The third-order valence-electron chi connectivity index (χ3n) is 3.18. The quantitative estimate of drug-likeness (QED) is 0.760. The van der Waals surface area contributed by atoms with Gasteiger partial charge in [-0.05, 0) is 48.8 Å². The average Bonchev–Trinajstić information content (AvgIpc) is 2.96. The smallest absolute Gasteiger partial charge is 0.162 e. The van der Waals surface area contributed by atoms with Gasteiger partial charge in [0.15, 0.2) is 6.33 Å². The summed E-state index contributed by atoms with van der Waals surface area (Å²) in [5.41, 5.74) is 1.10. The van der Waals surface area contributed by atoms with Crippen LogP contribution >= 0.6 is 11.6 Å². The number of halogens is 1. The van der Waals surface area contributed by atoms with Crippen LogP contribution in [0.25, 0.3) is 0 Å². The molecule has 5 nitrogen and oxygen atoms in total. The number of rotatable bonds is 8. The maximum Gasteiger partial charge on any atom is 0.162 e. The second kappa shape index (κ2) is 7.97. The van der Waals surface area contributed by atoms with E-state index in [0.29, 0.717) is 0 Å². The Kier molecular flexibility index (Phi) is 5.95. The summed E-state index contributed by atoms with van der Waals surface area (Å²) in [5, 5.41) is 16.1. The molecule has 20 heavy (non-hydrogen) atoms. The maximum absolute atomic E-state index is 6.07. The van der Waals surface area contributed by atoms with E-state index < -0.39 is 0 Å². The van der Waals surface area contributed by atoms with Crippen LogP contribution < -0.4 is 5.32 Å². The number of hydrogen-bond acceptors (Lipinski definition) is 4. The molecule has 1 unspecified atom stereocenters. The van der Waals surface area contributed by atoms with Crippen LogP contribution in [0.2, 0.25) is 5.02 Å². The zero-order chi connectivity index (χ0) is 14.2. The van der Waals surface area contributed by atoms with E-state index in [1.165, 1.54) is 19.2 Å². The molecule has 0 saturated carbocycles. The lowest BCUT2D eigenvalue weighted by atomic mass is 10.0. The highest BCUT2D eigenvalue weighted by Gasteiger charge is 2.15. The fraction of sp³-hybridized carbons (Fsp3) is 0.500. The van der Waals surface area contributed by atoms with E-state index in [9.17, 15) is 0 Å². The predicted octanol–water partition coefficient (Wildman–Crippen LogP) is 2.70. The predicted molar refractivity (Wildman–Crippen MR) is 79.8 cm³/mol. The molecule has 1 atom stereocenters. The van der Waals surface area contributed by atoms with Gasteiger partial charge >= 0.3 is 0 Å². The average molecular weight is 294 g/mol. The first kappa shape index (κ1) is 14.9. The van der Waals surface area contributed by atoms with Crippen molar-refractivity contribution in [1.29, 1.82) is 0 Å². The molecule has 0 spiro atoms. The second-order valence-electron chi connectivity index (χ2n) is 4.72. The lowest BCUT2D eigenvalue weighted by molar-refractivity contribution is 0.415. The summed E-state index contributed by atoms with van der Waals surface area (Å²) >= 11 is 6.07. The van der Waals surface area contributed by atoms with Crippen LogP contribution in [-0.2, 0) is 0 Å². The molecule has 0 fully saturated rings. The Labute approximate surface area is 124 Å². The van der Waals surface area contributed by atoms with Crippen LogP contribution in [0.3, 0.4) is 0 Å². The normalized spacial score (nSPS) is 12.5. The number of tetrazole rings is 1. The first-order valence-electron chi connectivity index (χ1n) is 7.00. The molecule has 0 saturated heterocycles. The molecule has 1 aromatic heterocycles. The minimum absolute atomic E-state index is 0.0605. The fourth-order valence-corrected chi connectivity index (χ4v) is 2.31. The molecule has 0 aliphatic rings. The van der Waals surface area contributed by atoms with Crippen molar-refractivity contribution in [2.24, 2.45) is 0 Å². The summed E-state index contributed by atoms with van der Waals surface area (Å²) in [6.07, 6.45) is 4.77. The fourth-order valence-electron chi connectivity index (χ4n) is 2.11. The van der Waals surface area contributed by atoms with Crippen LogP contribution in [-0.4, -0.2) is 33.3 Å². The molecular formula is C14H20ClN5. The van der Waals surface area contributed by atoms with Crippen molar-refractivity contribution in [3.8, 4) is 0 Å². The first-order chi connectivity index (χ1) is 9.81. The van der Waals surface area contributed by atoms with Crippen LogP contribution in [0.1, 0.15) is 37.8 Å². The highest BCUT2D eigenvalue weighted by atomic mass is 35.5. The number of nitrogens with zero attached hydrogens (tertiary/aromatic N) is 4. The van der Waals surface area contributed by atoms with Gasteiger partial charge in [-0.3, -0.25) is 0 Å². The van der Waals surface area contributed by atoms with E-state index in [2.05, 4.69) is 27.7 Å². The van der Waals surface area contributed by atoms with Gasteiger partial charge in [0.05, 0.1) is 6.04 Å². The highest BCUT2D eigenvalue weighted by molar-refractivity contribution is 6.30. The van der Waals surface area contributed by atoms with Crippen molar-refractivity contribution in [1.82, 2.24) is 25.5 Å². The third-order valence-corrected chi connectivity index (χ3v) is 3.41. The Bertz CT molecular complexity index is 500. The molecule has 0 radical (unpaired) electrons. The minimum atomic E-state index is 0.0605. The van der Waals surface area contributed by atoms with Gasteiger partial charge in [-0.25, -0.2) is 0 Å². The number of hydrogen-bond donors (Lipinski definition) is 1. The third kappa shape index (κ3) is 4.28. The summed E-state index contributed by atoms with van der Waals surface area (Å²) in [6, 6.07) is 7.89. The van der Waals surface area contributed by atoms with Gasteiger partial charge < -0.3 is 5.32 Å². The van der Waals surface area contributed by atoms with Gasteiger partial charge in [-0.2, -0.15) is 4.80 Å². The number of unbranched alkanes of at least 4 members (excludes halogenated alkanes) is 1. The molecule has 1 aromatic carbocycles. The summed E-state index contributed by atoms with van der Waals surface area (Å²) in [6.45, 7) is 4.15. The number of nitrogens with one attached hydrogen (secondary N) is 1. The van der Waals surface area contributed by atoms with E-state index >= 15 is 0 Å². The van der Waals surface area contributed by atoms with E-state index in [4.69, 9.17) is 11.6 Å². The van der Waals surface area contributed by atoms with E-state index in [-0.39, 0.29) is 6.04 Å². The van der Waals surface area contributed by atoms with Crippen molar-refractivity contribution in [3.05, 3.63) is 41.2 Å². The first-order valence-corrected chi connectivity index (χ1v) is 7.37. The molecule has 2 aromatic rings. The van der Waals surface area contributed by atoms with Crippen LogP contribution in [0.4, 0.5) is 0 Å². The minimum Gasteiger partial charge on any atom is -0.317 e. The molecule has 1 N–H and O–H groups in total. The molecule has 108 valence electrons. The maximum atomic E-state index is 6.07. The summed E-state index contributed by atoms with van der Waals surface area (Å²) < 4.78 is 0. The van der Waals surface area contributed by atoms with E-state index in [1.54, 1.807) is 4.80 Å². The van der Waals surface area contributed by atoms with Crippen molar-refractivity contribution >= 4 is 11.6 Å². The van der Waals surface area contributed by atoms with Gasteiger partial charge in [0.25, 0.3) is 0 Å². The molecule has 6 heteroatoms. The molecule has 0 bridgehead atoms. The van der Waals surface area contributed by atoms with Crippen LogP contribution in [0.15, 0.2) is 30.6 Å². The summed E-state index contributed by atoms with van der Waals surface area (Å²) in [4.78, 5) is 1.65. The summed E-state index contributed by atoms with van der Waals surface area (Å²) in [5.74, 6) is 0. The molecule has 0 aliphatic carbocycles. The van der Waals surface area contributed by atoms with Crippen LogP contribution in [0, 0.1) is 0 Å². The van der Waals surface area contributed by atoms with Crippen LogP contribution in [0.5, 0.6) is 0 Å². The molecule has 0 aliphatic heterocycles. The van der Waals surface area contributed by atoms with Gasteiger partial charge in [-0.1, -0.05) is 37.1 Å². The van der Waals surface area contributed by atoms with Crippen molar-refractivity contribution in [3.63, 3.8) is 0 Å². The number of benzene rings is 1. The zero-order valence-corrected chi connectivity index (χ0v) is 12.4. The highest BCUT2D eigenvalue weighted by Crippen LogP contribution is 2.22. The monoisotopic (exact) mass is 293 g/mol. The van der Waals surface area contributed by atoms with Gasteiger partial charge in [-0.15, -0.1) is 10.2 Å². The van der Waals surface area contributed by atoms with E-state index in [0.717, 1.165) is 30.1 Å². The Balaban J connectivity index is 2.02. The van der Waals surface area contributed by atoms with Gasteiger partial charge in [0.1, 0.15) is 0 Å².